The molecule has 6 heteroatoms. The summed E-state index contributed by atoms with van der Waals surface area (Å²) in [5, 5.41) is 3.99. The minimum absolute atomic E-state index is 0.0161. The minimum Gasteiger partial charge on any atom is -0.352 e. The Morgan fingerprint density at radius 1 is 0.886 bits per heavy atom. The van der Waals surface area contributed by atoms with Gasteiger partial charge in [-0.3, -0.25) is 9.59 Å². The number of amides is 2. The van der Waals surface area contributed by atoms with Crippen LogP contribution >= 0.6 is 23.2 Å². The highest BCUT2D eigenvalue weighted by atomic mass is 35.5. The predicted octanol–water partition coefficient (Wildman–Crippen LogP) is 6.85. The lowest BCUT2D eigenvalue weighted by atomic mass is 9.88. The van der Waals surface area contributed by atoms with Crippen LogP contribution in [0.25, 0.3) is 0 Å². The molecule has 1 N–H and O–H groups in total. The van der Waals surface area contributed by atoms with Crippen molar-refractivity contribution < 1.29 is 9.59 Å². The van der Waals surface area contributed by atoms with E-state index in [2.05, 4.69) is 5.32 Å². The molecule has 35 heavy (non-hydrogen) atoms. The summed E-state index contributed by atoms with van der Waals surface area (Å²) in [6, 6.07) is 24.5. The normalized spacial score (nSPS) is 12.7. The van der Waals surface area contributed by atoms with Gasteiger partial charge >= 0.3 is 0 Å². The third kappa shape index (κ3) is 7.33. The Balaban J connectivity index is 1.93. The molecule has 4 nitrogen and oxygen atoms in total. The number of carbonyl (C=O) groups is 2. The Labute approximate surface area is 218 Å². The first-order valence-corrected chi connectivity index (χ1v) is 12.7. The van der Waals surface area contributed by atoms with Gasteiger partial charge in [0, 0.05) is 35.0 Å². The van der Waals surface area contributed by atoms with E-state index in [1.165, 1.54) is 0 Å². The summed E-state index contributed by atoms with van der Waals surface area (Å²) in [6.07, 6.45) is 1.03. The molecule has 0 spiro atoms. The van der Waals surface area contributed by atoms with Gasteiger partial charge in [-0.1, -0.05) is 96.9 Å². The van der Waals surface area contributed by atoms with Crippen molar-refractivity contribution in [2.75, 3.05) is 0 Å². The van der Waals surface area contributed by atoms with Crippen molar-refractivity contribution in [1.29, 1.82) is 0 Å². The van der Waals surface area contributed by atoms with Crippen LogP contribution in [0, 0.1) is 0 Å². The quantitative estimate of drug-likeness (QED) is 0.324. The van der Waals surface area contributed by atoms with Crippen LogP contribution in [0.1, 0.15) is 56.2 Å². The first-order valence-electron chi connectivity index (χ1n) is 11.9. The average Bonchev–Trinajstić information content (AvgIpc) is 2.87. The summed E-state index contributed by atoms with van der Waals surface area (Å²) in [5.74, 6) is -0.452. The van der Waals surface area contributed by atoms with E-state index in [-0.39, 0.29) is 36.7 Å². The number of hydrogen-bond acceptors (Lipinski definition) is 2. The second-order valence-electron chi connectivity index (χ2n) is 8.83. The molecule has 0 aliphatic carbocycles. The van der Waals surface area contributed by atoms with E-state index >= 15 is 0 Å². The first-order chi connectivity index (χ1) is 16.8. The van der Waals surface area contributed by atoms with Crippen LogP contribution in [0.15, 0.2) is 78.9 Å². The number of halogens is 2. The lowest BCUT2D eigenvalue weighted by Crippen LogP contribution is -2.49. The number of hydrogen-bond donors (Lipinski definition) is 1. The van der Waals surface area contributed by atoms with Gasteiger partial charge < -0.3 is 10.2 Å². The van der Waals surface area contributed by atoms with Gasteiger partial charge in [-0.05, 0) is 49.1 Å². The predicted molar refractivity (Wildman–Crippen MR) is 144 cm³/mol. The second kappa shape index (κ2) is 12.8. The van der Waals surface area contributed by atoms with E-state index in [1.54, 1.807) is 30.0 Å². The summed E-state index contributed by atoms with van der Waals surface area (Å²) in [5.41, 5.74) is 2.84. The first kappa shape index (κ1) is 26.8. The summed E-state index contributed by atoms with van der Waals surface area (Å²) in [7, 11) is 0. The number of nitrogens with one attached hydrogen (secondary N) is 1. The van der Waals surface area contributed by atoms with Crippen LogP contribution in [0.5, 0.6) is 0 Å². The third-order valence-corrected chi connectivity index (χ3v) is 6.89. The Bertz CT molecular complexity index is 1080. The van der Waals surface area contributed by atoms with Crippen molar-refractivity contribution in [2.24, 2.45) is 0 Å². The molecule has 3 aromatic carbocycles. The molecule has 0 bridgehead atoms. The third-order valence-electron chi connectivity index (χ3n) is 6.31. The lowest BCUT2D eigenvalue weighted by molar-refractivity contribution is -0.141. The fourth-order valence-corrected chi connectivity index (χ4v) is 4.44. The molecule has 3 rings (SSSR count). The van der Waals surface area contributed by atoms with Gasteiger partial charge in [-0.25, -0.2) is 0 Å². The summed E-state index contributed by atoms with van der Waals surface area (Å²) in [4.78, 5) is 28.5. The number of rotatable bonds is 10. The molecule has 0 saturated carbocycles. The van der Waals surface area contributed by atoms with Gasteiger partial charge in [0.2, 0.25) is 11.8 Å². The molecule has 0 aromatic heterocycles. The Morgan fingerprint density at radius 3 is 1.97 bits per heavy atom. The maximum Gasteiger partial charge on any atom is 0.242 e. The molecular weight excluding hydrogens is 479 g/mol. The van der Waals surface area contributed by atoms with Crippen molar-refractivity contribution in [2.45, 2.75) is 58.2 Å². The maximum absolute atomic E-state index is 13.9. The molecule has 3 aromatic rings. The van der Waals surface area contributed by atoms with Gasteiger partial charge in [0.15, 0.2) is 0 Å². The summed E-state index contributed by atoms with van der Waals surface area (Å²) in [6.45, 7) is 5.93. The summed E-state index contributed by atoms with van der Waals surface area (Å²) >= 11 is 12.5. The summed E-state index contributed by atoms with van der Waals surface area (Å²) < 4.78 is 0. The molecule has 0 unspecified atom stereocenters. The fraction of sp³-hybridized carbons (Fsp3) is 0.310. The van der Waals surface area contributed by atoms with Gasteiger partial charge in [0.1, 0.15) is 6.04 Å². The van der Waals surface area contributed by atoms with Crippen LogP contribution in [-0.2, 0) is 16.1 Å². The van der Waals surface area contributed by atoms with Crippen LogP contribution in [0.4, 0.5) is 0 Å². The van der Waals surface area contributed by atoms with Crippen molar-refractivity contribution in [3.05, 3.63) is 106 Å². The smallest absolute Gasteiger partial charge is 0.242 e. The standard InChI is InChI=1S/C29H32Cl2N2O2/c1-4-20(2)32-29(35)21(3)33(19-24-15-16-25(30)17-27(24)31)28(34)18-26(22-11-7-5-8-12-22)23-13-9-6-10-14-23/h5-17,20-21,26H,4,18-19H2,1-3H3,(H,32,35)/t20-,21+/m0/s1. The van der Waals surface area contributed by atoms with E-state index in [4.69, 9.17) is 23.2 Å². The van der Waals surface area contributed by atoms with Crippen molar-refractivity contribution in [1.82, 2.24) is 10.2 Å². The lowest BCUT2D eigenvalue weighted by Gasteiger charge is -2.31. The minimum atomic E-state index is -0.671. The van der Waals surface area contributed by atoms with E-state index in [0.717, 1.165) is 23.1 Å². The van der Waals surface area contributed by atoms with Gasteiger partial charge in [-0.2, -0.15) is 0 Å². The van der Waals surface area contributed by atoms with E-state index in [9.17, 15) is 9.59 Å². The molecule has 0 aliphatic rings. The molecule has 184 valence electrons. The largest absolute Gasteiger partial charge is 0.352 e. The molecule has 0 saturated heterocycles. The monoisotopic (exact) mass is 510 g/mol. The van der Waals surface area contributed by atoms with Crippen LogP contribution in [-0.4, -0.2) is 28.8 Å². The molecule has 0 aliphatic heterocycles. The van der Waals surface area contributed by atoms with Crippen LogP contribution in [0.3, 0.4) is 0 Å². The highest BCUT2D eigenvalue weighted by Gasteiger charge is 2.30. The molecule has 0 radical (unpaired) electrons. The SMILES string of the molecule is CC[C@H](C)NC(=O)[C@@H](C)N(Cc1ccc(Cl)cc1Cl)C(=O)CC(c1ccccc1)c1ccccc1. The van der Waals surface area contributed by atoms with Crippen molar-refractivity contribution in [3.8, 4) is 0 Å². The topological polar surface area (TPSA) is 49.4 Å². The Hall–Kier alpha value is -2.82. The van der Waals surface area contributed by atoms with Gasteiger partial charge in [0.05, 0.1) is 0 Å². The highest BCUT2D eigenvalue weighted by molar-refractivity contribution is 6.35. The van der Waals surface area contributed by atoms with Crippen LogP contribution in [0.2, 0.25) is 10.0 Å². The van der Waals surface area contributed by atoms with E-state index in [1.807, 2.05) is 74.5 Å². The van der Waals surface area contributed by atoms with Gasteiger partial charge in [-0.15, -0.1) is 0 Å². The number of benzene rings is 3. The second-order valence-corrected chi connectivity index (χ2v) is 9.67. The molecular formula is C29H32Cl2N2O2. The van der Waals surface area contributed by atoms with Crippen molar-refractivity contribution >= 4 is 35.0 Å². The molecule has 2 amide bonds. The van der Waals surface area contributed by atoms with Crippen LogP contribution < -0.4 is 5.32 Å². The fourth-order valence-electron chi connectivity index (χ4n) is 3.97. The number of nitrogens with zero attached hydrogens (tertiary/aromatic N) is 1. The van der Waals surface area contributed by atoms with Crippen molar-refractivity contribution in [3.63, 3.8) is 0 Å². The average molecular weight is 511 g/mol. The van der Waals surface area contributed by atoms with E-state index in [0.29, 0.717) is 10.0 Å². The zero-order valence-corrected chi connectivity index (χ0v) is 21.9. The van der Waals surface area contributed by atoms with Gasteiger partial charge in [0.25, 0.3) is 0 Å². The Morgan fingerprint density at radius 2 is 1.46 bits per heavy atom. The molecule has 2 atom stereocenters. The number of carbonyl (C=O) groups excluding carboxylic acids is 2. The maximum atomic E-state index is 13.9. The zero-order chi connectivity index (χ0) is 25.4. The Kier molecular flexibility index (Phi) is 9.76. The molecule has 0 fully saturated rings. The van der Waals surface area contributed by atoms with E-state index < -0.39 is 6.04 Å². The highest BCUT2D eigenvalue weighted by Crippen LogP contribution is 2.30. The zero-order valence-electron chi connectivity index (χ0n) is 20.4. The molecule has 0 heterocycles.